The highest BCUT2D eigenvalue weighted by molar-refractivity contribution is 6.74. The van der Waals surface area contributed by atoms with E-state index in [0.29, 0.717) is 11.3 Å². The van der Waals surface area contributed by atoms with Gasteiger partial charge in [0.1, 0.15) is 6.33 Å². The molecule has 0 amide bonds. The highest BCUT2D eigenvalue weighted by atomic mass is 28.4. The fourth-order valence-corrected chi connectivity index (χ4v) is 5.11. The number of rotatable bonds is 8. The van der Waals surface area contributed by atoms with Crippen LogP contribution in [-0.4, -0.2) is 41.9 Å². The van der Waals surface area contributed by atoms with Crippen LogP contribution >= 0.6 is 0 Å². The topological polar surface area (TPSA) is 88.0 Å². The van der Waals surface area contributed by atoms with Crippen molar-refractivity contribution in [2.45, 2.75) is 83.7 Å². The molecule has 0 spiro atoms. The van der Waals surface area contributed by atoms with Crippen LogP contribution in [0.3, 0.4) is 0 Å². The fraction of sp³-hybridized carbons (Fsp3) is 0.619. The van der Waals surface area contributed by atoms with Crippen molar-refractivity contribution in [3.05, 3.63) is 35.6 Å². The number of Topliss-reactive ketones (excluding diaryl/α,β-unsaturated/α-hetero) is 1. The van der Waals surface area contributed by atoms with E-state index in [1.807, 2.05) is 6.92 Å². The zero-order chi connectivity index (χ0) is 21.2. The predicted molar refractivity (Wildman–Crippen MR) is 115 cm³/mol. The molecule has 1 aliphatic rings. The Balaban J connectivity index is 1.97. The number of nitrogens with zero attached hydrogens (tertiary/aromatic N) is 2. The van der Waals surface area contributed by atoms with Gasteiger partial charge in [-0.2, -0.15) is 0 Å². The van der Waals surface area contributed by atoms with Crippen molar-refractivity contribution in [2.75, 3.05) is 0 Å². The molecule has 0 radical (unpaired) electrons. The summed E-state index contributed by atoms with van der Waals surface area (Å²) in [6.45, 7) is 15.4. The summed E-state index contributed by atoms with van der Waals surface area (Å²) in [5, 5.41) is 11.3. The maximum Gasteiger partial charge on any atom is 0.192 e. The summed E-state index contributed by atoms with van der Waals surface area (Å²) in [6, 6.07) is 1.98. The Kier molecular flexibility index (Phi) is 6.61. The smallest absolute Gasteiger partial charge is 0.192 e. The third-order valence-corrected chi connectivity index (χ3v) is 10.5. The lowest BCUT2D eigenvalue weighted by atomic mass is 9.77. The first-order valence-corrected chi connectivity index (χ1v) is 12.7. The molecule has 1 aromatic heterocycles. The number of carbonyl (C=O) groups is 1. The summed E-state index contributed by atoms with van der Waals surface area (Å²) in [6.07, 6.45) is 6.16. The molecule has 0 aromatic carbocycles. The number of hydrogen-bond donors (Lipinski definition) is 2. The molecule has 1 fully saturated rings. The molecule has 28 heavy (non-hydrogen) atoms. The van der Waals surface area contributed by atoms with Crippen LogP contribution in [0, 0.1) is 5.41 Å². The maximum absolute atomic E-state index is 12.6. The van der Waals surface area contributed by atoms with E-state index in [9.17, 15) is 4.79 Å². The summed E-state index contributed by atoms with van der Waals surface area (Å²) >= 11 is 0. The second kappa shape index (κ2) is 8.25. The van der Waals surface area contributed by atoms with Gasteiger partial charge in [0.05, 0.1) is 23.3 Å². The minimum Gasteiger partial charge on any atom is -0.411 e. The van der Waals surface area contributed by atoms with Crippen molar-refractivity contribution >= 4 is 20.3 Å². The van der Waals surface area contributed by atoms with Gasteiger partial charge in [0.25, 0.3) is 0 Å². The Bertz CT molecular complexity index is 747. The van der Waals surface area contributed by atoms with Gasteiger partial charge < -0.3 is 15.2 Å². The number of allylic oxidation sites excluding steroid dienone is 2. The Morgan fingerprint density at radius 1 is 1.43 bits per heavy atom. The lowest BCUT2D eigenvalue weighted by Gasteiger charge is -2.52. The van der Waals surface area contributed by atoms with Crippen molar-refractivity contribution in [1.29, 1.82) is 5.41 Å². The average molecular weight is 403 g/mol. The zero-order valence-electron chi connectivity index (χ0n) is 18.2. The molecule has 0 unspecified atom stereocenters. The molecular weight excluding hydrogens is 368 g/mol. The quantitative estimate of drug-likeness (QED) is 0.389. The Hall–Kier alpha value is -1.86. The first kappa shape index (κ1) is 22.4. The Morgan fingerprint density at radius 3 is 2.57 bits per heavy atom. The summed E-state index contributed by atoms with van der Waals surface area (Å²) in [4.78, 5) is 20.5. The van der Waals surface area contributed by atoms with Crippen LogP contribution in [0.4, 0.5) is 0 Å². The van der Waals surface area contributed by atoms with Crippen LogP contribution in [0.2, 0.25) is 18.1 Å². The standard InChI is InChI=1S/C21H34N4O2Si/c1-15(18(13-22)19(26)10-16-8-9-23-14-24-16)25-17-11-21(5,12-17)27-28(6,7)20(2,3)4/h8-9,13-14,17,22,25H,10-12H2,1-7H3/b18-15+,22-13?/t17-,21+. The van der Waals surface area contributed by atoms with E-state index in [-0.39, 0.29) is 28.9 Å². The molecule has 1 aromatic rings. The van der Waals surface area contributed by atoms with Crippen LogP contribution in [0.5, 0.6) is 0 Å². The van der Waals surface area contributed by atoms with E-state index < -0.39 is 8.32 Å². The van der Waals surface area contributed by atoms with E-state index in [1.54, 1.807) is 12.3 Å². The molecule has 7 heteroatoms. The summed E-state index contributed by atoms with van der Waals surface area (Å²) in [5.74, 6) is -0.113. The van der Waals surface area contributed by atoms with E-state index in [1.165, 1.54) is 6.33 Å². The first-order chi connectivity index (χ1) is 12.9. The molecule has 154 valence electrons. The van der Waals surface area contributed by atoms with Gasteiger partial charge in [-0.1, -0.05) is 20.8 Å². The van der Waals surface area contributed by atoms with E-state index >= 15 is 0 Å². The van der Waals surface area contributed by atoms with Gasteiger partial charge >= 0.3 is 0 Å². The maximum atomic E-state index is 12.6. The first-order valence-electron chi connectivity index (χ1n) is 9.83. The molecule has 1 aliphatic carbocycles. The van der Waals surface area contributed by atoms with Gasteiger partial charge in [-0.05, 0) is 50.9 Å². The molecule has 2 N–H and O–H groups in total. The SMILES string of the molecule is C/C(N[C@H]1C[C@@](C)(O[Si](C)(C)C(C)(C)C)C1)=C(/C=N)C(=O)Cc1ccncn1. The molecule has 1 heterocycles. The Morgan fingerprint density at radius 2 is 2.07 bits per heavy atom. The normalized spacial score (nSPS) is 23.5. The lowest BCUT2D eigenvalue weighted by molar-refractivity contribution is -0.114. The number of aromatic nitrogens is 2. The zero-order valence-corrected chi connectivity index (χ0v) is 19.2. The van der Waals surface area contributed by atoms with Gasteiger partial charge in [-0.25, -0.2) is 9.97 Å². The molecule has 0 aliphatic heterocycles. The van der Waals surface area contributed by atoms with Gasteiger partial charge in [0.15, 0.2) is 14.1 Å². The van der Waals surface area contributed by atoms with Gasteiger partial charge in [0.2, 0.25) is 0 Å². The van der Waals surface area contributed by atoms with Crippen molar-refractivity contribution < 1.29 is 9.22 Å². The van der Waals surface area contributed by atoms with Crippen LogP contribution in [-0.2, 0) is 15.6 Å². The Labute approximate surface area is 169 Å². The predicted octanol–water partition coefficient (Wildman–Crippen LogP) is 4.04. The third-order valence-electron chi connectivity index (χ3n) is 5.92. The van der Waals surface area contributed by atoms with E-state index in [0.717, 1.165) is 24.8 Å². The fourth-order valence-electron chi connectivity index (χ4n) is 3.40. The monoisotopic (exact) mass is 402 g/mol. The van der Waals surface area contributed by atoms with Crippen molar-refractivity contribution in [2.24, 2.45) is 0 Å². The average Bonchev–Trinajstić information content (AvgIpc) is 2.53. The highest BCUT2D eigenvalue weighted by Crippen LogP contribution is 2.45. The highest BCUT2D eigenvalue weighted by Gasteiger charge is 2.48. The minimum absolute atomic E-state index is 0.113. The number of nitrogens with one attached hydrogen (secondary N) is 2. The molecule has 0 atom stereocenters. The van der Waals surface area contributed by atoms with E-state index in [2.05, 4.69) is 56.1 Å². The van der Waals surface area contributed by atoms with Gasteiger partial charge in [0, 0.05) is 24.2 Å². The lowest BCUT2D eigenvalue weighted by Crippen LogP contribution is -2.59. The van der Waals surface area contributed by atoms with Crippen molar-refractivity contribution in [1.82, 2.24) is 15.3 Å². The largest absolute Gasteiger partial charge is 0.411 e. The van der Waals surface area contributed by atoms with Crippen LogP contribution in [0.1, 0.15) is 53.2 Å². The van der Waals surface area contributed by atoms with Crippen molar-refractivity contribution in [3.8, 4) is 0 Å². The van der Waals surface area contributed by atoms with Crippen LogP contribution in [0.25, 0.3) is 0 Å². The minimum atomic E-state index is -1.81. The van der Waals surface area contributed by atoms with Crippen LogP contribution in [0.15, 0.2) is 29.9 Å². The summed E-state index contributed by atoms with van der Waals surface area (Å²) < 4.78 is 6.61. The molecule has 6 nitrogen and oxygen atoms in total. The number of hydrogen-bond acceptors (Lipinski definition) is 6. The van der Waals surface area contributed by atoms with Crippen molar-refractivity contribution in [3.63, 3.8) is 0 Å². The van der Waals surface area contributed by atoms with Gasteiger partial charge in [-0.15, -0.1) is 0 Å². The molecule has 1 saturated carbocycles. The number of ketones is 1. The second-order valence-electron chi connectivity index (χ2n) is 9.55. The summed E-state index contributed by atoms with van der Waals surface area (Å²) in [5.41, 5.74) is 1.69. The third kappa shape index (κ3) is 5.35. The van der Waals surface area contributed by atoms with Gasteiger partial charge in [-0.3, -0.25) is 4.79 Å². The number of carbonyl (C=O) groups excluding carboxylic acids is 1. The molecule has 2 rings (SSSR count). The molecule has 0 saturated heterocycles. The van der Waals surface area contributed by atoms with Crippen LogP contribution < -0.4 is 5.32 Å². The van der Waals surface area contributed by atoms with E-state index in [4.69, 9.17) is 9.84 Å². The summed E-state index contributed by atoms with van der Waals surface area (Å²) in [7, 11) is -1.81. The second-order valence-corrected chi connectivity index (χ2v) is 14.3. The molecule has 0 bridgehead atoms. The molecular formula is C21H34N4O2Si.